The summed E-state index contributed by atoms with van der Waals surface area (Å²) in [5, 5.41) is 17.1. The molecule has 1 saturated carbocycles. The molecule has 0 spiro atoms. The summed E-state index contributed by atoms with van der Waals surface area (Å²) < 4.78 is 0. The number of hydrogen-bond donors (Lipinski definition) is 2. The lowest BCUT2D eigenvalue weighted by Gasteiger charge is -1.97. The Bertz CT molecular complexity index is 132. The maximum atomic E-state index is 10.0. The molecule has 0 heterocycles. The van der Waals surface area contributed by atoms with Crippen molar-refractivity contribution in [3.05, 3.63) is 0 Å². The number of aliphatic hydroxyl groups is 1. The molecule has 0 aromatic carbocycles. The highest BCUT2D eigenvalue weighted by Gasteiger charge is 2.56. The van der Waals surface area contributed by atoms with Crippen molar-refractivity contribution < 1.29 is 15.0 Å². The quantitative estimate of drug-likeness (QED) is 0.500. The third-order valence-corrected chi connectivity index (χ3v) is 1.64. The van der Waals surface area contributed by atoms with Crippen molar-refractivity contribution in [2.75, 3.05) is 0 Å². The average Bonchev–Trinajstić information content (AvgIpc) is 2.17. The molecule has 8 heavy (non-hydrogen) atoms. The number of carbonyl (C=O) groups is 1. The van der Waals surface area contributed by atoms with Crippen LogP contribution in [0.3, 0.4) is 0 Å². The Kier molecular flexibility index (Phi) is 0.854. The zero-order chi connectivity index (χ0) is 6.36. The van der Waals surface area contributed by atoms with Crippen molar-refractivity contribution in [3.63, 3.8) is 0 Å². The second kappa shape index (κ2) is 1.23. The summed E-state index contributed by atoms with van der Waals surface area (Å²) >= 11 is 0. The van der Waals surface area contributed by atoms with Gasteiger partial charge in [-0.25, -0.2) is 4.79 Å². The first-order valence-electron chi connectivity index (χ1n) is 2.53. The largest absolute Gasteiger partial charge is 0.479 e. The van der Waals surface area contributed by atoms with Crippen molar-refractivity contribution in [2.45, 2.75) is 18.9 Å². The van der Waals surface area contributed by atoms with Crippen LogP contribution in [-0.4, -0.2) is 21.8 Å². The Labute approximate surface area is 46.9 Å². The van der Waals surface area contributed by atoms with Gasteiger partial charge in [-0.1, -0.05) is 6.92 Å². The maximum absolute atomic E-state index is 10.0. The lowest BCUT2D eigenvalue weighted by atomic mass is 10.3. The van der Waals surface area contributed by atoms with Gasteiger partial charge < -0.3 is 10.2 Å². The standard InChI is InChI=1S/C5H8O3/c1-3-2-5(3,8)4(6)7/h3,8H,2H2,1H3,(H,6,7). The highest BCUT2D eigenvalue weighted by molar-refractivity contribution is 5.81. The fourth-order valence-corrected chi connectivity index (χ4v) is 0.706. The second-order valence-electron chi connectivity index (χ2n) is 2.33. The maximum Gasteiger partial charge on any atom is 0.335 e. The van der Waals surface area contributed by atoms with Crippen molar-refractivity contribution in [1.82, 2.24) is 0 Å². The van der Waals surface area contributed by atoms with Gasteiger partial charge in [0.1, 0.15) is 0 Å². The number of rotatable bonds is 1. The molecule has 1 aliphatic rings. The lowest BCUT2D eigenvalue weighted by molar-refractivity contribution is -0.149. The van der Waals surface area contributed by atoms with Gasteiger partial charge in [0.15, 0.2) is 5.60 Å². The highest BCUT2D eigenvalue weighted by Crippen LogP contribution is 2.42. The molecule has 0 aliphatic heterocycles. The predicted octanol–water partition coefficient (Wildman–Crippen LogP) is -0.158. The molecule has 1 rings (SSSR count). The van der Waals surface area contributed by atoms with E-state index in [1.807, 2.05) is 0 Å². The Balaban J connectivity index is 2.60. The molecule has 1 aliphatic carbocycles. The van der Waals surface area contributed by atoms with Gasteiger partial charge in [-0.3, -0.25) is 0 Å². The number of carboxylic acids is 1. The fourth-order valence-electron chi connectivity index (χ4n) is 0.706. The summed E-state index contributed by atoms with van der Waals surface area (Å²) in [5.74, 6) is -1.15. The molecule has 3 heteroatoms. The Morgan fingerprint density at radius 3 is 2.25 bits per heavy atom. The van der Waals surface area contributed by atoms with E-state index in [2.05, 4.69) is 0 Å². The third-order valence-electron chi connectivity index (χ3n) is 1.64. The summed E-state index contributed by atoms with van der Waals surface area (Å²) in [6.45, 7) is 1.72. The van der Waals surface area contributed by atoms with Gasteiger partial charge in [-0.15, -0.1) is 0 Å². The van der Waals surface area contributed by atoms with Crippen LogP contribution in [0.5, 0.6) is 0 Å². The first kappa shape index (κ1) is 5.56. The fraction of sp³-hybridized carbons (Fsp3) is 0.800. The summed E-state index contributed by atoms with van der Waals surface area (Å²) in [4.78, 5) is 10.0. The van der Waals surface area contributed by atoms with Crippen LogP contribution in [0.1, 0.15) is 13.3 Å². The predicted molar refractivity (Wildman–Crippen MR) is 26.4 cm³/mol. The van der Waals surface area contributed by atoms with E-state index in [9.17, 15) is 4.79 Å². The van der Waals surface area contributed by atoms with Crippen LogP contribution in [0.25, 0.3) is 0 Å². The van der Waals surface area contributed by atoms with Gasteiger partial charge in [-0.05, 0) is 12.3 Å². The molecule has 0 amide bonds. The monoisotopic (exact) mass is 116 g/mol. The van der Waals surface area contributed by atoms with E-state index in [4.69, 9.17) is 10.2 Å². The van der Waals surface area contributed by atoms with Crippen molar-refractivity contribution in [1.29, 1.82) is 0 Å². The number of hydrogen-bond acceptors (Lipinski definition) is 2. The molecular formula is C5H8O3. The van der Waals surface area contributed by atoms with Crippen LogP contribution in [0.4, 0.5) is 0 Å². The summed E-state index contributed by atoms with van der Waals surface area (Å²) in [6.07, 6.45) is 0.405. The summed E-state index contributed by atoms with van der Waals surface area (Å²) in [6, 6.07) is 0. The molecule has 3 nitrogen and oxygen atoms in total. The molecule has 0 aromatic heterocycles. The van der Waals surface area contributed by atoms with Crippen LogP contribution < -0.4 is 0 Å². The first-order chi connectivity index (χ1) is 3.57. The number of carboxylic acid groups (broad SMARTS) is 1. The zero-order valence-corrected chi connectivity index (χ0v) is 4.59. The minimum Gasteiger partial charge on any atom is -0.479 e. The normalized spacial score (nSPS) is 44.0. The van der Waals surface area contributed by atoms with Crippen molar-refractivity contribution in [3.8, 4) is 0 Å². The van der Waals surface area contributed by atoms with Gasteiger partial charge in [0.25, 0.3) is 0 Å². The molecular weight excluding hydrogens is 108 g/mol. The van der Waals surface area contributed by atoms with Crippen LogP contribution in [0.2, 0.25) is 0 Å². The van der Waals surface area contributed by atoms with E-state index in [0.717, 1.165) is 0 Å². The Morgan fingerprint density at radius 2 is 2.25 bits per heavy atom. The van der Waals surface area contributed by atoms with Gasteiger partial charge in [0, 0.05) is 0 Å². The molecule has 46 valence electrons. The summed E-state index contributed by atoms with van der Waals surface area (Å²) in [5.41, 5.74) is -1.38. The topological polar surface area (TPSA) is 57.5 Å². The minimum atomic E-state index is -1.38. The Morgan fingerprint density at radius 1 is 1.88 bits per heavy atom. The third kappa shape index (κ3) is 0.512. The van der Waals surface area contributed by atoms with E-state index < -0.39 is 11.6 Å². The van der Waals surface area contributed by atoms with Crippen LogP contribution in [-0.2, 0) is 4.79 Å². The van der Waals surface area contributed by atoms with Gasteiger partial charge in [-0.2, -0.15) is 0 Å². The van der Waals surface area contributed by atoms with Gasteiger partial charge in [0.2, 0.25) is 0 Å². The van der Waals surface area contributed by atoms with E-state index in [1.165, 1.54) is 0 Å². The molecule has 2 N–H and O–H groups in total. The van der Waals surface area contributed by atoms with Gasteiger partial charge >= 0.3 is 5.97 Å². The Hall–Kier alpha value is -0.570. The molecule has 0 radical (unpaired) electrons. The molecule has 0 aromatic rings. The van der Waals surface area contributed by atoms with Crippen LogP contribution in [0.15, 0.2) is 0 Å². The van der Waals surface area contributed by atoms with Gasteiger partial charge in [0.05, 0.1) is 0 Å². The van der Waals surface area contributed by atoms with Crippen LogP contribution in [0, 0.1) is 5.92 Å². The first-order valence-corrected chi connectivity index (χ1v) is 2.53. The molecule has 1 fully saturated rings. The molecule has 2 atom stereocenters. The minimum absolute atomic E-state index is 0.0556. The van der Waals surface area contributed by atoms with E-state index in [-0.39, 0.29) is 5.92 Å². The highest BCUT2D eigenvalue weighted by atomic mass is 16.4. The average molecular weight is 116 g/mol. The summed E-state index contributed by atoms with van der Waals surface area (Å²) in [7, 11) is 0. The molecule has 2 unspecified atom stereocenters. The van der Waals surface area contributed by atoms with Crippen molar-refractivity contribution in [2.24, 2.45) is 5.92 Å². The SMILES string of the molecule is CC1CC1(O)C(=O)O. The zero-order valence-electron chi connectivity index (χ0n) is 4.59. The van der Waals surface area contributed by atoms with E-state index >= 15 is 0 Å². The van der Waals surface area contributed by atoms with E-state index in [0.29, 0.717) is 6.42 Å². The molecule has 0 bridgehead atoms. The lowest BCUT2D eigenvalue weighted by Crippen LogP contribution is -2.22. The smallest absolute Gasteiger partial charge is 0.335 e. The van der Waals surface area contributed by atoms with Crippen molar-refractivity contribution >= 4 is 5.97 Å². The van der Waals surface area contributed by atoms with E-state index in [1.54, 1.807) is 6.92 Å². The van der Waals surface area contributed by atoms with Crippen LogP contribution >= 0.6 is 0 Å². The molecule has 0 saturated heterocycles. The number of aliphatic carboxylic acids is 1. The second-order valence-corrected chi connectivity index (χ2v) is 2.33.